The molecule has 0 heterocycles. The Morgan fingerprint density at radius 3 is 2.29 bits per heavy atom. The summed E-state index contributed by atoms with van der Waals surface area (Å²) in [6.45, 7) is 2.02. The van der Waals surface area contributed by atoms with E-state index >= 15 is 0 Å². The van der Waals surface area contributed by atoms with Crippen LogP contribution in [0, 0.1) is 5.92 Å². The molecule has 0 spiro atoms. The van der Waals surface area contributed by atoms with Crippen molar-refractivity contribution in [1.82, 2.24) is 5.32 Å². The van der Waals surface area contributed by atoms with Crippen molar-refractivity contribution in [2.75, 3.05) is 6.54 Å². The maximum Gasteiger partial charge on any atom is 0.326 e. The fourth-order valence-corrected chi connectivity index (χ4v) is 1.24. The van der Waals surface area contributed by atoms with E-state index in [0.29, 0.717) is 13.0 Å². The van der Waals surface area contributed by atoms with Crippen LogP contribution in [-0.4, -0.2) is 35.5 Å². The van der Waals surface area contributed by atoms with Gasteiger partial charge in [0.15, 0.2) is 0 Å². The van der Waals surface area contributed by atoms with Crippen molar-refractivity contribution < 1.29 is 19.5 Å². The summed E-state index contributed by atoms with van der Waals surface area (Å²) in [6.07, 6.45) is 0.391. The summed E-state index contributed by atoms with van der Waals surface area (Å²) >= 11 is 0. The van der Waals surface area contributed by atoms with E-state index in [1.807, 2.05) is 0 Å². The number of hydrogen-bond donors (Lipinski definition) is 4. The molecule has 0 fully saturated rings. The predicted octanol–water partition coefficient (Wildman–Crippen LogP) is -1.19. The van der Waals surface area contributed by atoms with Gasteiger partial charge in [0.25, 0.3) is 0 Å². The van der Waals surface area contributed by atoms with Crippen LogP contribution in [0.3, 0.4) is 0 Å². The predicted molar refractivity (Wildman–Crippen MR) is 60.8 cm³/mol. The monoisotopic (exact) mass is 245 g/mol. The fourth-order valence-electron chi connectivity index (χ4n) is 1.24. The molecule has 7 heteroatoms. The topological polar surface area (TPSA) is 136 Å². The number of carbonyl (C=O) groups is 3. The third-order valence-electron chi connectivity index (χ3n) is 2.34. The molecule has 0 saturated carbocycles. The molecule has 6 N–H and O–H groups in total. The van der Waals surface area contributed by atoms with Gasteiger partial charge < -0.3 is 21.9 Å². The molecule has 0 aromatic rings. The molecule has 0 aliphatic carbocycles. The summed E-state index contributed by atoms with van der Waals surface area (Å²) in [5.41, 5.74) is 10.2. The quantitative estimate of drug-likeness (QED) is 0.426. The first-order valence-electron chi connectivity index (χ1n) is 5.40. The third-order valence-corrected chi connectivity index (χ3v) is 2.34. The van der Waals surface area contributed by atoms with Gasteiger partial charge in [-0.25, -0.2) is 4.79 Å². The molecule has 0 aromatic carbocycles. The molecule has 17 heavy (non-hydrogen) atoms. The molecule has 7 nitrogen and oxygen atoms in total. The maximum absolute atomic E-state index is 11.5. The third kappa shape index (κ3) is 6.52. The van der Waals surface area contributed by atoms with E-state index in [2.05, 4.69) is 5.32 Å². The number of nitrogens with one attached hydrogen (secondary N) is 1. The first kappa shape index (κ1) is 15.4. The van der Waals surface area contributed by atoms with E-state index in [0.717, 1.165) is 0 Å². The van der Waals surface area contributed by atoms with Crippen LogP contribution < -0.4 is 16.8 Å². The molecular formula is C10H19N3O4. The van der Waals surface area contributed by atoms with Gasteiger partial charge in [0.2, 0.25) is 11.8 Å². The minimum atomic E-state index is -1.18. The number of primary amides is 1. The molecule has 0 radical (unpaired) electrons. The Bertz CT molecular complexity index is 293. The van der Waals surface area contributed by atoms with Crippen LogP contribution in [0.4, 0.5) is 0 Å². The maximum atomic E-state index is 11.5. The van der Waals surface area contributed by atoms with Crippen LogP contribution in [0.25, 0.3) is 0 Å². The van der Waals surface area contributed by atoms with E-state index in [1.54, 1.807) is 6.92 Å². The van der Waals surface area contributed by atoms with E-state index in [1.165, 1.54) is 0 Å². The zero-order chi connectivity index (χ0) is 13.4. The van der Waals surface area contributed by atoms with Gasteiger partial charge in [-0.3, -0.25) is 9.59 Å². The number of carboxylic acid groups (broad SMARTS) is 1. The van der Waals surface area contributed by atoms with E-state index in [4.69, 9.17) is 16.6 Å². The fraction of sp³-hybridized carbons (Fsp3) is 0.700. The minimum absolute atomic E-state index is 0.00818. The summed E-state index contributed by atoms with van der Waals surface area (Å²) in [6, 6.07) is -1.09. The van der Waals surface area contributed by atoms with Crippen LogP contribution in [0.15, 0.2) is 0 Å². The number of carbonyl (C=O) groups excluding carboxylic acids is 2. The van der Waals surface area contributed by atoms with Crippen molar-refractivity contribution in [2.24, 2.45) is 17.4 Å². The highest BCUT2D eigenvalue weighted by atomic mass is 16.4. The molecule has 2 atom stereocenters. The lowest BCUT2D eigenvalue weighted by atomic mass is 10.1. The lowest BCUT2D eigenvalue weighted by molar-refractivity contribution is -0.142. The Morgan fingerprint density at radius 1 is 1.29 bits per heavy atom. The average Bonchev–Trinajstić information content (AvgIpc) is 2.23. The minimum Gasteiger partial charge on any atom is -0.480 e. The van der Waals surface area contributed by atoms with Crippen molar-refractivity contribution in [3.8, 4) is 0 Å². The first-order valence-corrected chi connectivity index (χ1v) is 5.40. The Balaban J connectivity index is 4.29. The van der Waals surface area contributed by atoms with Gasteiger partial charge in [-0.1, -0.05) is 6.92 Å². The molecule has 2 amide bonds. The largest absolute Gasteiger partial charge is 0.480 e. The van der Waals surface area contributed by atoms with Crippen LogP contribution in [0.2, 0.25) is 0 Å². The number of hydrogen-bond acceptors (Lipinski definition) is 4. The van der Waals surface area contributed by atoms with Gasteiger partial charge in [-0.15, -0.1) is 0 Å². The van der Waals surface area contributed by atoms with Gasteiger partial charge in [-0.2, -0.15) is 0 Å². The van der Waals surface area contributed by atoms with Crippen LogP contribution in [0.5, 0.6) is 0 Å². The van der Waals surface area contributed by atoms with Gasteiger partial charge >= 0.3 is 5.97 Å². The number of nitrogens with two attached hydrogens (primary N) is 2. The van der Waals surface area contributed by atoms with E-state index in [9.17, 15) is 14.4 Å². The molecule has 0 bridgehead atoms. The molecule has 0 aliphatic rings. The highest BCUT2D eigenvalue weighted by molar-refractivity contribution is 5.85. The zero-order valence-electron chi connectivity index (χ0n) is 9.81. The first-order chi connectivity index (χ1) is 7.88. The van der Waals surface area contributed by atoms with Crippen LogP contribution in [-0.2, 0) is 14.4 Å². The summed E-state index contributed by atoms with van der Waals surface area (Å²) in [4.78, 5) is 32.9. The molecule has 98 valence electrons. The van der Waals surface area contributed by atoms with Crippen molar-refractivity contribution in [3.05, 3.63) is 0 Å². The van der Waals surface area contributed by atoms with Gasteiger partial charge in [0.1, 0.15) is 6.04 Å². The molecule has 1 unspecified atom stereocenters. The van der Waals surface area contributed by atoms with Crippen molar-refractivity contribution in [1.29, 1.82) is 0 Å². The Kier molecular flexibility index (Phi) is 6.88. The normalized spacial score (nSPS) is 13.8. The summed E-state index contributed by atoms with van der Waals surface area (Å²) in [5.74, 6) is -2.51. The van der Waals surface area contributed by atoms with Crippen molar-refractivity contribution >= 4 is 17.8 Å². The Morgan fingerprint density at radius 2 is 1.88 bits per heavy atom. The molecule has 0 rings (SSSR count). The molecule has 0 aliphatic heterocycles. The Hall–Kier alpha value is -1.63. The van der Waals surface area contributed by atoms with Gasteiger partial charge in [0.05, 0.1) is 0 Å². The number of aliphatic carboxylic acids is 1. The lowest BCUT2D eigenvalue weighted by Gasteiger charge is -2.16. The molecule has 0 saturated heterocycles. The second kappa shape index (κ2) is 7.61. The van der Waals surface area contributed by atoms with Gasteiger partial charge in [0, 0.05) is 12.3 Å². The SMILES string of the molecule is CC(CCN)C(=O)N[C@H](CCC(N)=O)C(=O)O. The lowest BCUT2D eigenvalue weighted by Crippen LogP contribution is -2.43. The number of carboxylic acids is 1. The summed E-state index contributed by atoms with van der Waals surface area (Å²) in [5, 5.41) is 11.2. The summed E-state index contributed by atoms with van der Waals surface area (Å²) in [7, 11) is 0. The van der Waals surface area contributed by atoms with Crippen LogP contribution in [0.1, 0.15) is 26.2 Å². The van der Waals surface area contributed by atoms with E-state index in [-0.39, 0.29) is 24.7 Å². The number of amides is 2. The van der Waals surface area contributed by atoms with Crippen LogP contribution >= 0.6 is 0 Å². The summed E-state index contributed by atoms with van der Waals surface area (Å²) < 4.78 is 0. The standard InChI is InChI=1S/C10H19N3O4/c1-6(4-5-11)9(15)13-7(10(16)17)2-3-8(12)14/h6-7H,2-5,11H2,1H3,(H2,12,14)(H,13,15)(H,16,17)/t6?,7-/m1/s1. The second-order valence-electron chi connectivity index (χ2n) is 3.88. The average molecular weight is 245 g/mol. The Labute approximate surface area is 99.5 Å². The number of rotatable bonds is 8. The van der Waals surface area contributed by atoms with Gasteiger partial charge in [-0.05, 0) is 19.4 Å². The highest BCUT2D eigenvalue weighted by Gasteiger charge is 2.22. The molecule has 0 aromatic heterocycles. The highest BCUT2D eigenvalue weighted by Crippen LogP contribution is 2.03. The second-order valence-corrected chi connectivity index (χ2v) is 3.88. The smallest absolute Gasteiger partial charge is 0.326 e. The molecular weight excluding hydrogens is 226 g/mol. The zero-order valence-corrected chi connectivity index (χ0v) is 9.81. The van der Waals surface area contributed by atoms with E-state index < -0.39 is 17.9 Å². The van der Waals surface area contributed by atoms with Crippen molar-refractivity contribution in [3.63, 3.8) is 0 Å². The van der Waals surface area contributed by atoms with Crippen molar-refractivity contribution in [2.45, 2.75) is 32.2 Å².